The molecule has 0 spiro atoms. The van der Waals surface area contributed by atoms with Gasteiger partial charge in [-0.1, -0.05) is 12.1 Å². The second-order valence-corrected chi connectivity index (χ2v) is 5.17. The van der Waals surface area contributed by atoms with E-state index in [-0.39, 0.29) is 11.9 Å². The van der Waals surface area contributed by atoms with Crippen molar-refractivity contribution in [2.45, 2.75) is 12.5 Å². The van der Waals surface area contributed by atoms with E-state index in [1.807, 2.05) is 24.3 Å². The molecule has 2 rings (SSSR count). The molecular formula is C11H11IN2O2. The average Bonchev–Trinajstić information content (AvgIpc) is 2.45. The van der Waals surface area contributed by atoms with Crippen LogP contribution in [0.2, 0.25) is 0 Å². The molecule has 1 aromatic carbocycles. The number of amides is 3. The minimum atomic E-state index is -0.934. The van der Waals surface area contributed by atoms with E-state index < -0.39 is 5.54 Å². The Morgan fingerprint density at radius 2 is 1.81 bits per heavy atom. The topological polar surface area (TPSA) is 49.4 Å². The summed E-state index contributed by atoms with van der Waals surface area (Å²) in [7, 11) is 1.48. The van der Waals surface area contributed by atoms with Gasteiger partial charge in [-0.2, -0.15) is 0 Å². The number of hydrogen-bond donors (Lipinski definition) is 1. The molecule has 0 saturated carbocycles. The van der Waals surface area contributed by atoms with E-state index in [4.69, 9.17) is 0 Å². The highest BCUT2D eigenvalue weighted by Gasteiger charge is 2.47. The highest BCUT2D eigenvalue weighted by molar-refractivity contribution is 14.1. The number of rotatable bonds is 1. The molecular weight excluding hydrogens is 319 g/mol. The molecule has 1 atom stereocenters. The molecule has 3 amide bonds. The van der Waals surface area contributed by atoms with Gasteiger partial charge < -0.3 is 5.32 Å². The normalized spacial score (nSPS) is 24.8. The van der Waals surface area contributed by atoms with Crippen molar-refractivity contribution in [3.05, 3.63) is 33.4 Å². The first kappa shape index (κ1) is 11.4. The van der Waals surface area contributed by atoms with Crippen molar-refractivity contribution >= 4 is 34.5 Å². The van der Waals surface area contributed by atoms with Gasteiger partial charge in [-0.25, -0.2) is 4.79 Å². The lowest BCUT2D eigenvalue weighted by molar-refractivity contribution is -0.130. The van der Waals surface area contributed by atoms with E-state index in [1.54, 1.807) is 6.92 Å². The Bertz CT molecular complexity index is 458. The van der Waals surface area contributed by atoms with Crippen LogP contribution in [0.4, 0.5) is 4.79 Å². The third kappa shape index (κ3) is 1.59. The molecule has 1 fully saturated rings. The zero-order chi connectivity index (χ0) is 11.9. The van der Waals surface area contributed by atoms with Gasteiger partial charge >= 0.3 is 6.03 Å². The fourth-order valence-corrected chi connectivity index (χ4v) is 2.12. The maximum Gasteiger partial charge on any atom is 0.325 e. The maximum absolute atomic E-state index is 12.0. The van der Waals surface area contributed by atoms with E-state index >= 15 is 0 Å². The Morgan fingerprint density at radius 3 is 2.25 bits per heavy atom. The molecule has 1 aliphatic rings. The zero-order valence-corrected chi connectivity index (χ0v) is 11.1. The van der Waals surface area contributed by atoms with Gasteiger partial charge in [-0.15, -0.1) is 0 Å². The van der Waals surface area contributed by atoms with Crippen LogP contribution in [0.15, 0.2) is 24.3 Å². The molecule has 1 N–H and O–H groups in total. The van der Waals surface area contributed by atoms with Crippen molar-refractivity contribution in [2.75, 3.05) is 7.05 Å². The summed E-state index contributed by atoms with van der Waals surface area (Å²) in [6.07, 6.45) is 0. The van der Waals surface area contributed by atoms with Crippen LogP contribution in [0.25, 0.3) is 0 Å². The van der Waals surface area contributed by atoms with Crippen molar-refractivity contribution in [3.63, 3.8) is 0 Å². The first-order chi connectivity index (χ1) is 7.45. The average molecular weight is 330 g/mol. The fourth-order valence-electron chi connectivity index (χ4n) is 1.76. The monoisotopic (exact) mass is 330 g/mol. The number of likely N-dealkylation sites (N-methyl/N-ethyl adjacent to an activating group) is 1. The highest BCUT2D eigenvalue weighted by Crippen LogP contribution is 2.28. The van der Waals surface area contributed by atoms with Crippen LogP contribution in [0.1, 0.15) is 12.5 Å². The number of nitrogens with one attached hydrogen (secondary N) is 1. The van der Waals surface area contributed by atoms with Gasteiger partial charge in [0.1, 0.15) is 5.54 Å². The van der Waals surface area contributed by atoms with E-state index in [2.05, 4.69) is 27.9 Å². The lowest BCUT2D eigenvalue weighted by Crippen LogP contribution is -2.40. The van der Waals surface area contributed by atoms with Crippen molar-refractivity contribution < 1.29 is 9.59 Å². The number of hydrogen-bond acceptors (Lipinski definition) is 2. The summed E-state index contributed by atoms with van der Waals surface area (Å²) in [6, 6.07) is 7.20. The predicted molar refractivity (Wildman–Crippen MR) is 67.8 cm³/mol. The SMILES string of the molecule is CN1C(=O)NC(C)(c2ccc(I)cc2)C1=O. The third-order valence-corrected chi connectivity index (χ3v) is 3.53. The molecule has 0 bridgehead atoms. The summed E-state index contributed by atoms with van der Waals surface area (Å²) in [5.41, 5.74) is -0.133. The van der Waals surface area contributed by atoms with Crippen LogP contribution >= 0.6 is 22.6 Å². The first-order valence-electron chi connectivity index (χ1n) is 4.81. The van der Waals surface area contributed by atoms with Gasteiger partial charge in [0.2, 0.25) is 0 Å². The minimum absolute atomic E-state index is 0.223. The molecule has 0 radical (unpaired) electrons. The van der Waals surface area contributed by atoms with E-state index in [0.717, 1.165) is 14.0 Å². The predicted octanol–water partition coefficient (Wildman–Crippen LogP) is 1.69. The second-order valence-electron chi connectivity index (χ2n) is 3.93. The number of benzene rings is 1. The number of imide groups is 1. The third-order valence-electron chi connectivity index (χ3n) is 2.82. The molecule has 0 aromatic heterocycles. The quantitative estimate of drug-likeness (QED) is 0.629. The summed E-state index contributed by atoms with van der Waals surface area (Å²) in [5.74, 6) is -0.223. The highest BCUT2D eigenvalue weighted by atomic mass is 127. The smallest absolute Gasteiger partial charge is 0.319 e. The molecule has 5 heteroatoms. The van der Waals surface area contributed by atoms with Gasteiger partial charge in [0.15, 0.2) is 0 Å². The summed E-state index contributed by atoms with van der Waals surface area (Å²) in [6.45, 7) is 1.72. The lowest BCUT2D eigenvalue weighted by atomic mass is 9.92. The molecule has 1 aromatic rings. The first-order valence-corrected chi connectivity index (χ1v) is 5.89. The van der Waals surface area contributed by atoms with Crippen molar-refractivity contribution in [2.24, 2.45) is 0 Å². The van der Waals surface area contributed by atoms with E-state index in [1.165, 1.54) is 7.05 Å². The van der Waals surface area contributed by atoms with Gasteiger partial charge in [-0.3, -0.25) is 9.69 Å². The van der Waals surface area contributed by atoms with Gasteiger partial charge in [0.05, 0.1) is 0 Å². The lowest BCUT2D eigenvalue weighted by Gasteiger charge is -2.21. The Hall–Kier alpha value is -1.11. The van der Waals surface area contributed by atoms with Crippen LogP contribution in [0, 0.1) is 3.57 Å². The largest absolute Gasteiger partial charge is 0.325 e. The van der Waals surface area contributed by atoms with Crippen LogP contribution in [-0.4, -0.2) is 23.9 Å². The Balaban J connectivity index is 2.44. The Kier molecular flexibility index (Phi) is 2.65. The van der Waals surface area contributed by atoms with Crippen LogP contribution < -0.4 is 5.32 Å². The van der Waals surface area contributed by atoms with Crippen molar-refractivity contribution in [3.8, 4) is 0 Å². The van der Waals surface area contributed by atoms with E-state index in [9.17, 15) is 9.59 Å². The second kappa shape index (κ2) is 3.73. The summed E-state index contributed by atoms with van der Waals surface area (Å²) in [4.78, 5) is 24.5. The van der Waals surface area contributed by atoms with Crippen molar-refractivity contribution in [1.29, 1.82) is 0 Å². The minimum Gasteiger partial charge on any atom is -0.319 e. The molecule has 84 valence electrons. The van der Waals surface area contributed by atoms with Crippen molar-refractivity contribution in [1.82, 2.24) is 10.2 Å². The number of carbonyl (C=O) groups excluding carboxylic acids is 2. The molecule has 1 unspecified atom stereocenters. The van der Waals surface area contributed by atoms with Gasteiger partial charge in [0, 0.05) is 10.6 Å². The van der Waals surface area contributed by atoms with E-state index in [0.29, 0.717) is 0 Å². The van der Waals surface area contributed by atoms with Crippen LogP contribution in [0.5, 0.6) is 0 Å². The fraction of sp³-hybridized carbons (Fsp3) is 0.273. The molecule has 1 saturated heterocycles. The Labute approximate surface area is 107 Å². The summed E-state index contributed by atoms with van der Waals surface area (Å²) in [5, 5.41) is 2.70. The van der Waals surface area contributed by atoms with Crippen LogP contribution in [-0.2, 0) is 10.3 Å². The molecule has 1 aliphatic heterocycles. The standard InChI is InChI=1S/C11H11IN2O2/c1-11(7-3-5-8(12)6-4-7)9(15)14(2)10(16)13-11/h3-6H,1-2H3,(H,13,16). The summed E-state index contributed by atoms with van der Waals surface area (Å²) >= 11 is 2.20. The molecule has 0 aliphatic carbocycles. The number of halogens is 1. The maximum atomic E-state index is 12.0. The Morgan fingerprint density at radius 1 is 1.25 bits per heavy atom. The number of nitrogens with zero attached hydrogens (tertiary/aromatic N) is 1. The number of urea groups is 1. The zero-order valence-electron chi connectivity index (χ0n) is 8.95. The molecule has 16 heavy (non-hydrogen) atoms. The van der Waals surface area contributed by atoms with Crippen LogP contribution in [0.3, 0.4) is 0 Å². The molecule has 4 nitrogen and oxygen atoms in total. The number of carbonyl (C=O) groups is 2. The van der Waals surface area contributed by atoms with Gasteiger partial charge in [-0.05, 0) is 47.2 Å². The summed E-state index contributed by atoms with van der Waals surface area (Å²) < 4.78 is 1.09. The molecule has 1 heterocycles. The van der Waals surface area contributed by atoms with Gasteiger partial charge in [0.25, 0.3) is 5.91 Å².